The molecule has 0 bridgehead atoms. The summed E-state index contributed by atoms with van der Waals surface area (Å²) in [7, 11) is 0. The maximum Gasteiger partial charge on any atom is 0.261 e. The topological polar surface area (TPSA) is 44.1 Å². The van der Waals surface area contributed by atoms with Gasteiger partial charge in [0.2, 0.25) is 0 Å². The maximum absolute atomic E-state index is 12.3. The van der Waals surface area contributed by atoms with E-state index < -0.39 is 0 Å². The highest BCUT2D eigenvalue weighted by Gasteiger charge is 2.07. The molecule has 0 aliphatic heterocycles. The fraction of sp³-hybridized carbons (Fsp3) is 0.176. The van der Waals surface area contributed by atoms with Crippen molar-refractivity contribution in [3.05, 3.63) is 69.2 Å². The van der Waals surface area contributed by atoms with E-state index >= 15 is 0 Å². The summed E-state index contributed by atoms with van der Waals surface area (Å²) in [6, 6.07) is 12.5. The molecule has 1 heterocycles. The molecule has 2 aromatic carbocycles. The molecule has 0 aliphatic carbocycles. The largest absolute Gasteiger partial charge is 0.490 e. The molecule has 3 aromatic rings. The van der Waals surface area contributed by atoms with Crippen LogP contribution in [0.2, 0.25) is 10.0 Å². The van der Waals surface area contributed by atoms with E-state index in [9.17, 15) is 4.79 Å². The minimum Gasteiger partial charge on any atom is -0.490 e. The quantitative estimate of drug-likeness (QED) is 0.650. The van der Waals surface area contributed by atoms with Gasteiger partial charge in [0.05, 0.1) is 33.9 Å². The number of aryl methyl sites for hydroxylation is 1. The Labute approximate surface area is 143 Å². The van der Waals surface area contributed by atoms with Crippen LogP contribution in [0.5, 0.6) is 5.75 Å². The second-order valence-corrected chi connectivity index (χ2v) is 5.83. The zero-order chi connectivity index (χ0) is 16.2. The van der Waals surface area contributed by atoms with Gasteiger partial charge in [0.25, 0.3) is 5.56 Å². The molecule has 0 atom stereocenters. The molecule has 0 fully saturated rings. The Balaban J connectivity index is 1.65. The van der Waals surface area contributed by atoms with Crippen LogP contribution in [0.1, 0.15) is 6.42 Å². The summed E-state index contributed by atoms with van der Waals surface area (Å²) < 4.78 is 7.20. The van der Waals surface area contributed by atoms with Crippen LogP contribution in [0, 0.1) is 0 Å². The molecular weight excluding hydrogens is 335 g/mol. The molecule has 0 saturated carbocycles. The summed E-state index contributed by atoms with van der Waals surface area (Å²) in [4.78, 5) is 16.6. The Kier molecular flexibility index (Phi) is 4.84. The third-order valence-electron chi connectivity index (χ3n) is 3.44. The van der Waals surface area contributed by atoms with Gasteiger partial charge in [-0.2, -0.15) is 0 Å². The van der Waals surface area contributed by atoms with Crippen molar-refractivity contribution in [1.29, 1.82) is 0 Å². The normalized spacial score (nSPS) is 10.9. The van der Waals surface area contributed by atoms with Crippen LogP contribution >= 0.6 is 23.2 Å². The van der Waals surface area contributed by atoms with Gasteiger partial charge in [-0.25, -0.2) is 4.98 Å². The lowest BCUT2D eigenvalue weighted by Crippen LogP contribution is -2.21. The molecule has 3 rings (SSSR count). The smallest absolute Gasteiger partial charge is 0.261 e. The molecular formula is C17H14Cl2N2O2. The van der Waals surface area contributed by atoms with Crippen molar-refractivity contribution in [3.63, 3.8) is 0 Å². The Hall–Kier alpha value is -2.04. The van der Waals surface area contributed by atoms with Gasteiger partial charge in [0.15, 0.2) is 5.75 Å². The first-order valence-electron chi connectivity index (χ1n) is 7.18. The SMILES string of the molecule is O=c1c2ccccc2ncn1CCCOc1c(Cl)cccc1Cl. The first-order valence-corrected chi connectivity index (χ1v) is 7.93. The molecule has 0 saturated heterocycles. The number of fused-ring (bicyclic) bond motifs is 1. The number of para-hydroxylation sites is 2. The first kappa shape index (κ1) is 15.8. The molecule has 6 heteroatoms. The molecule has 0 amide bonds. The molecule has 1 aromatic heterocycles. The van der Waals surface area contributed by atoms with E-state index in [0.717, 1.165) is 0 Å². The lowest BCUT2D eigenvalue weighted by molar-refractivity contribution is 0.301. The standard InChI is InChI=1S/C17H14Cl2N2O2/c18-13-6-3-7-14(19)16(13)23-10-4-9-21-11-20-15-8-2-1-5-12(15)17(21)22/h1-3,5-8,11H,4,9-10H2. The molecule has 0 aliphatic rings. The van der Waals surface area contributed by atoms with E-state index in [1.165, 1.54) is 0 Å². The second kappa shape index (κ2) is 7.02. The minimum absolute atomic E-state index is 0.0497. The van der Waals surface area contributed by atoms with Crippen molar-refractivity contribution in [3.8, 4) is 5.75 Å². The lowest BCUT2D eigenvalue weighted by atomic mass is 10.2. The molecule has 0 N–H and O–H groups in total. The van der Waals surface area contributed by atoms with Gasteiger partial charge in [-0.1, -0.05) is 41.4 Å². The van der Waals surface area contributed by atoms with Gasteiger partial charge < -0.3 is 4.74 Å². The monoisotopic (exact) mass is 348 g/mol. The Morgan fingerprint density at radius 2 is 1.78 bits per heavy atom. The molecule has 0 radical (unpaired) electrons. The zero-order valence-electron chi connectivity index (χ0n) is 12.2. The van der Waals surface area contributed by atoms with Crippen molar-refractivity contribution in [2.24, 2.45) is 0 Å². The average molecular weight is 349 g/mol. The number of hydrogen-bond donors (Lipinski definition) is 0. The number of rotatable bonds is 5. The number of halogens is 2. The molecule has 118 valence electrons. The van der Waals surface area contributed by atoms with E-state index in [1.807, 2.05) is 18.2 Å². The first-order chi connectivity index (χ1) is 11.2. The third kappa shape index (κ3) is 3.49. The average Bonchev–Trinajstić information content (AvgIpc) is 2.56. The van der Waals surface area contributed by atoms with E-state index in [2.05, 4.69) is 4.98 Å². The molecule has 23 heavy (non-hydrogen) atoms. The van der Waals surface area contributed by atoms with Crippen LogP contribution in [0.3, 0.4) is 0 Å². The summed E-state index contributed by atoms with van der Waals surface area (Å²) >= 11 is 12.1. The van der Waals surface area contributed by atoms with Crippen LogP contribution in [0.15, 0.2) is 53.6 Å². The van der Waals surface area contributed by atoms with Crippen molar-refractivity contribution in [2.75, 3.05) is 6.61 Å². The van der Waals surface area contributed by atoms with Gasteiger partial charge in [-0.05, 0) is 30.7 Å². The van der Waals surface area contributed by atoms with Crippen molar-refractivity contribution in [1.82, 2.24) is 9.55 Å². The number of hydrogen-bond acceptors (Lipinski definition) is 3. The number of benzene rings is 2. The fourth-order valence-corrected chi connectivity index (χ4v) is 2.80. The van der Waals surface area contributed by atoms with Crippen LogP contribution in [0.4, 0.5) is 0 Å². The summed E-state index contributed by atoms with van der Waals surface area (Å²) in [5.74, 6) is 0.472. The number of aromatic nitrogens is 2. The number of ether oxygens (including phenoxy) is 1. The zero-order valence-corrected chi connectivity index (χ0v) is 13.7. The van der Waals surface area contributed by atoms with Crippen molar-refractivity contribution in [2.45, 2.75) is 13.0 Å². The molecule has 0 spiro atoms. The Morgan fingerprint density at radius 1 is 1.04 bits per heavy atom. The van der Waals surface area contributed by atoms with Crippen molar-refractivity contribution >= 4 is 34.1 Å². The van der Waals surface area contributed by atoms with Gasteiger partial charge in [0.1, 0.15) is 0 Å². The van der Waals surface area contributed by atoms with E-state index in [0.29, 0.717) is 46.3 Å². The summed E-state index contributed by atoms with van der Waals surface area (Å²) in [6.45, 7) is 0.918. The van der Waals surface area contributed by atoms with Crippen molar-refractivity contribution < 1.29 is 4.74 Å². The molecule has 0 unspecified atom stereocenters. The minimum atomic E-state index is -0.0497. The maximum atomic E-state index is 12.3. The summed E-state index contributed by atoms with van der Waals surface area (Å²) in [6.07, 6.45) is 2.20. The molecule has 4 nitrogen and oxygen atoms in total. The number of nitrogens with zero attached hydrogens (tertiary/aromatic N) is 2. The predicted molar refractivity (Wildman–Crippen MR) is 92.6 cm³/mol. The fourth-order valence-electron chi connectivity index (χ4n) is 2.29. The van der Waals surface area contributed by atoms with E-state index in [4.69, 9.17) is 27.9 Å². The van der Waals surface area contributed by atoms with Crippen LogP contribution < -0.4 is 10.3 Å². The van der Waals surface area contributed by atoms with Gasteiger partial charge in [-0.3, -0.25) is 9.36 Å². The Bertz CT molecular complexity index is 873. The van der Waals surface area contributed by atoms with E-state index in [-0.39, 0.29) is 5.56 Å². The highest BCUT2D eigenvalue weighted by atomic mass is 35.5. The highest BCUT2D eigenvalue weighted by Crippen LogP contribution is 2.32. The highest BCUT2D eigenvalue weighted by molar-refractivity contribution is 6.37. The summed E-state index contributed by atoms with van der Waals surface area (Å²) in [5.41, 5.74) is 0.652. The van der Waals surface area contributed by atoms with Crippen LogP contribution in [-0.2, 0) is 6.54 Å². The predicted octanol–water partition coefficient (Wildman–Crippen LogP) is 4.17. The Morgan fingerprint density at radius 3 is 2.57 bits per heavy atom. The van der Waals surface area contributed by atoms with Crippen LogP contribution in [0.25, 0.3) is 10.9 Å². The van der Waals surface area contributed by atoms with Gasteiger partial charge >= 0.3 is 0 Å². The summed E-state index contributed by atoms with van der Waals surface area (Å²) in [5, 5.41) is 1.56. The van der Waals surface area contributed by atoms with Gasteiger partial charge in [-0.15, -0.1) is 0 Å². The van der Waals surface area contributed by atoms with Crippen LogP contribution in [-0.4, -0.2) is 16.2 Å². The van der Waals surface area contributed by atoms with E-state index in [1.54, 1.807) is 35.2 Å². The lowest BCUT2D eigenvalue weighted by Gasteiger charge is -2.10. The second-order valence-electron chi connectivity index (χ2n) is 5.01. The van der Waals surface area contributed by atoms with Gasteiger partial charge in [0, 0.05) is 6.54 Å². The third-order valence-corrected chi connectivity index (χ3v) is 4.04.